The van der Waals surface area contributed by atoms with Crippen LogP contribution in [0.4, 0.5) is 10.3 Å². The van der Waals surface area contributed by atoms with Crippen LogP contribution in [0.25, 0.3) is 5.69 Å². The number of Topliss-reactive ketones (excluding diaryl/α,β-unsaturated/α-hetero) is 1. The van der Waals surface area contributed by atoms with Crippen LogP contribution in [-0.4, -0.2) is 52.6 Å². The van der Waals surface area contributed by atoms with Crippen LogP contribution in [0.3, 0.4) is 0 Å². The number of ether oxygens (including phenoxy) is 1. The summed E-state index contributed by atoms with van der Waals surface area (Å²) in [5.74, 6) is 1.24. The van der Waals surface area contributed by atoms with Gasteiger partial charge in [-0.05, 0) is 49.7 Å². The molecule has 0 amide bonds. The summed E-state index contributed by atoms with van der Waals surface area (Å²) in [6.07, 6.45) is 1.11. The van der Waals surface area contributed by atoms with E-state index in [0.717, 1.165) is 35.6 Å². The third kappa shape index (κ3) is 5.32. The van der Waals surface area contributed by atoms with E-state index in [-0.39, 0.29) is 11.6 Å². The maximum Gasteiger partial charge on any atom is 0.232 e. The van der Waals surface area contributed by atoms with Crippen molar-refractivity contribution in [3.05, 3.63) is 65.5 Å². The van der Waals surface area contributed by atoms with Gasteiger partial charge in [-0.25, -0.2) is 4.39 Å². The summed E-state index contributed by atoms with van der Waals surface area (Å²) >= 11 is 1.59. The fourth-order valence-electron chi connectivity index (χ4n) is 3.42. The average molecular weight is 441 g/mol. The first-order valence-corrected chi connectivity index (χ1v) is 11.4. The number of morpholine rings is 1. The zero-order valence-corrected chi connectivity index (χ0v) is 18.3. The number of carbonyl (C=O) groups excluding carboxylic acids is 1. The van der Waals surface area contributed by atoms with E-state index in [1.807, 2.05) is 0 Å². The number of benzene rings is 2. The minimum absolute atomic E-state index is 0.0228. The second-order valence-electron chi connectivity index (χ2n) is 7.44. The Hall–Kier alpha value is -2.71. The van der Waals surface area contributed by atoms with Gasteiger partial charge in [-0.15, -0.1) is 10.2 Å². The van der Waals surface area contributed by atoms with Crippen LogP contribution in [0.5, 0.6) is 0 Å². The monoisotopic (exact) mass is 440 g/mol. The number of carbonyl (C=O) groups is 1. The molecule has 2 heterocycles. The van der Waals surface area contributed by atoms with Crippen molar-refractivity contribution < 1.29 is 13.9 Å². The molecular formula is C23H25FN4O2S. The zero-order chi connectivity index (χ0) is 21.6. The number of aryl methyl sites for hydroxylation is 1. The zero-order valence-electron chi connectivity index (χ0n) is 17.5. The van der Waals surface area contributed by atoms with Gasteiger partial charge in [0, 0.05) is 30.8 Å². The van der Waals surface area contributed by atoms with Gasteiger partial charge in [0.25, 0.3) is 0 Å². The molecule has 0 spiro atoms. The molecule has 0 N–H and O–H groups in total. The van der Waals surface area contributed by atoms with Gasteiger partial charge in [0.2, 0.25) is 5.95 Å². The van der Waals surface area contributed by atoms with Crippen LogP contribution in [0.15, 0.2) is 53.7 Å². The predicted octanol–water partition coefficient (Wildman–Crippen LogP) is 4.31. The van der Waals surface area contributed by atoms with Crippen LogP contribution in [0, 0.1) is 12.7 Å². The third-order valence-corrected chi connectivity index (χ3v) is 6.16. The van der Waals surface area contributed by atoms with E-state index in [0.29, 0.717) is 31.6 Å². The van der Waals surface area contributed by atoms with Crippen LogP contribution in [-0.2, 0) is 4.74 Å². The van der Waals surface area contributed by atoms with E-state index in [9.17, 15) is 9.18 Å². The fraction of sp³-hybridized carbons (Fsp3) is 0.348. The lowest BCUT2D eigenvalue weighted by atomic mass is 10.1. The molecule has 0 unspecified atom stereocenters. The SMILES string of the molecule is Cc1ccc(-n2c(SCCCC(=O)c3ccc(F)cc3)nnc2N2CCOCC2)cc1. The number of ketones is 1. The summed E-state index contributed by atoms with van der Waals surface area (Å²) in [6, 6.07) is 14.0. The number of aromatic nitrogens is 3. The number of thioether (sulfide) groups is 1. The maximum absolute atomic E-state index is 13.0. The van der Waals surface area contributed by atoms with E-state index in [1.165, 1.54) is 29.8 Å². The summed E-state index contributed by atoms with van der Waals surface area (Å²) in [4.78, 5) is 14.5. The Labute approximate surface area is 185 Å². The van der Waals surface area contributed by atoms with Gasteiger partial charge in [-0.3, -0.25) is 9.36 Å². The second kappa shape index (κ2) is 10.1. The van der Waals surface area contributed by atoms with E-state index < -0.39 is 0 Å². The van der Waals surface area contributed by atoms with E-state index in [1.54, 1.807) is 11.8 Å². The molecule has 0 aliphatic carbocycles. The van der Waals surface area contributed by atoms with Gasteiger partial charge in [-0.1, -0.05) is 29.5 Å². The van der Waals surface area contributed by atoms with Gasteiger partial charge in [-0.2, -0.15) is 0 Å². The highest BCUT2D eigenvalue weighted by atomic mass is 32.2. The molecule has 3 aromatic rings. The molecule has 0 saturated carbocycles. The van der Waals surface area contributed by atoms with Gasteiger partial charge in [0.15, 0.2) is 10.9 Å². The lowest BCUT2D eigenvalue weighted by Crippen LogP contribution is -2.37. The fourth-order valence-corrected chi connectivity index (χ4v) is 4.31. The molecular weight excluding hydrogens is 415 g/mol. The highest BCUT2D eigenvalue weighted by molar-refractivity contribution is 7.99. The molecule has 0 atom stereocenters. The Morgan fingerprint density at radius 2 is 1.77 bits per heavy atom. The minimum Gasteiger partial charge on any atom is -0.378 e. The number of anilines is 1. The molecule has 8 heteroatoms. The Bertz CT molecular complexity index is 1020. The Morgan fingerprint density at radius 1 is 1.06 bits per heavy atom. The Kier molecular flexibility index (Phi) is 6.99. The number of hydrogen-bond acceptors (Lipinski definition) is 6. The second-order valence-corrected chi connectivity index (χ2v) is 8.50. The number of nitrogens with zero attached hydrogens (tertiary/aromatic N) is 4. The molecule has 1 aromatic heterocycles. The lowest BCUT2D eigenvalue weighted by molar-refractivity contribution is 0.0982. The molecule has 0 bridgehead atoms. The first-order valence-electron chi connectivity index (χ1n) is 10.4. The Morgan fingerprint density at radius 3 is 2.48 bits per heavy atom. The molecule has 1 saturated heterocycles. The molecule has 1 fully saturated rings. The van der Waals surface area contributed by atoms with Crippen molar-refractivity contribution in [3.8, 4) is 5.69 Å². The van der Waals surface area contributed by atoms with Crippen molar-refractivity contribution in [2.24, 2.45) is 0 Å². The molecule has 4 rings (SSSR count). The van der Waals surface area contributed by atoms with Crippen molar-refractivity contribution in [3.63, 3.8) is 0 Å². The quantitative estimate of drug-likeness (QED) is 0.296. The topological polar surface area (TPSA) is 60.2 Å². The predicted molar refractivity (Wildman–Crippen MR) is 120 cm³/mol. The number of halogens is 1. The average Bonchev–Trinajstić information content (AvgIpc) is 3.22. The summed E-state index contributed by atoms with van der Waals surface area (Å²) in [5.41, 5.74) is 2.75. The minimum atomic E-state index is -0.335. The van der Waals surface area contributed by atoms with E-state index in [4.69, 9.17) is 4.74 Å². The highest BCUT2D eigenvalue weighted by Crippen LogP contribution is 2.28. The molecule has 162 valence electrons. The van der Waals surface area contributed by atoms with Crippen molar-refractivity contribution in [2.75, 3.05) is 37.0 Å². The van der Waals surface area contributed by atoms with Gasteiger partial charge in [0.05, 0.1) is 18.9 Å². The summed E-state index contributed by atoms with van der Waals surface area (Å²) in [5, 5.41) is 9.72. The van der Waals surface area contributed by atoms with Gasteiger partial charge >= 0.3 is 0 Å². The van der Waals surface area contributed by atoms with Crippen LogP contribution in [0.2, 0.25) is 0 Å². The van der Waals surface area contributed by atoms with Crippen LogP contribution in [0.1, 0.15) is 28.8 Å². The molecule has 0 radical (unpaired) electrons. The van der Waals surface area contributed by atoms with E-state index in [2.05, 4.69) is 50.9 Å². The van der Waals surface area contributed by atoms with Crippen molar-refractivity contribution in [2.45, 2.75) is 24.9 Å². The van der Waals surface area contributed by atoms with E-state index >= 15 is 0 Å². The molecule has 1 aliphatic rings. The van der Waals surface area contributed by atoms with Crippen molar-refractivity contribution in [1.29, 1.82) is 0 Å². The van der Waals surface area contributed by atoms with Crippen molar-refractivity contribution >= 4 is 23.5 Å². The largest absolute Gasteiger partial charge is 0.378 e. The first-order chi connectivity index (χ1) is 15.1. The van der Waals surface area contributed by atoms with Gasteiger partial charge in [0.1, 0.15) is 5.82 Å². The standard InChI is InChI=1S/C23H25FN4O2S/c1-17-4-10-20(11-5-17)28-22(27-12-14-30-15-13-27)25-26-23(28)31-16-2-3-21(29)18-6-8-19(24)9-7-18/h4-11H,2-3,12-16H2,1H3. The molecule has 6 nitrogen and oxygen atoms in total. The highest BCUT2D eigenvalue weighted by Gasteiger charge is 2.21. The summed E-state index contributed by atoms with van der Waals surface area (Å²) in [7, 11) is 0. The summed E-state index contributed by atoms with van der Waals surface area (Å²) < 4.78 is 20.6. The summed E-state index contributed by atoms with van der Waals surface area (Å²) in [6.45, 7) is 4.97. The molecule has 31 heavy (non-hydrogen) atoms. The first kappa shape index (κ1) is 21.5. The van der Waals surface area contributed by atoms with Crippen molar-refractivity contribution in [1.82, 2.24) is 14.8 Å². The van der Waals surface area contributed by atoms with Gasteiger partial charge < -0.3 is 9.64 Å². The third-order valence-electron chi connectivity index (χ3n) is 5.15. The Balaban J connectivity index is 1.44. The lowest BCUT2D eigenvalue weighted by Gasteiger charge is -2.28. The molecule has 1 aliphatic heterocycles. The van der Waals surface area contributed by atoms with Crippen LogP contribution < -0.4 is 4.90 Å². The number of hydrogen-bond donors (Lipinski definition) is 0. The number of rotatable bonds is 8. The normalized spacial score (nSPS) is 14.1. The smallest absolute Gasteiger partial charge is 0.232 e. The molecule has 2 aromatic carbocycles. The van der Waals surface area contributed by atoms with Crippen LogP contribution >= 0.6 is 11.8 Å². The maximum atomic E-state index is 13.0.